The molecule has 19 heavy (non-hydrogen) atoms. The van der Waals surface area contributed by atoms with Gasteiger partial charge < -0.3 is 5.11 Å². The highest BCUT2D eigenvalue weighted by Crippen LogP contribution is 2.21. The molecule has 0 spiro atoms. The molecule has 0 aliphatic carbocycles. The van der Waals surface area contributed by atoms with Crippen molar-refractivity contribution in [2.45, 2.75) is 53.3 Å². The highest BCUT2D eigenvalue weighted by molar-refractivity contribution is 5.26. The summed E-state index contributed by atoms with van der Waals surface area (Å²) < 4.78 is 3.78. The summed E-state index contributed by atoms with van der Waals surface area (Å²) in [4.78, 5) is 4.28. The van der Waals surface area contributed by atoms with Gasteiger partial charge in [-0.3, -0.25) is 4.68 Å². The molecule has 6 heteroatoms. The fourth-order valence-electron chi connectivity index (χ4n) is 2.41. The number of aliphatic hydroxyl groups is 1. The first-order chi connectivity index (χ1) is 9.04. The number of aryl methyl sites for hydroxylation is 2. The van der Waals surface area contributed by atoms with E-state index in [2.05, 4.69) is 22.1 Å². The predicted molar refractivity (Wildman–Crippen MR) is 71.7 cm³/mol. The van der Waals surface area contributed by atoms with Crippen LogP contribution in [0.5, 0.6) is 0 Å². The SMILES string of the molecule is CCCn1ncnc1Cn1nc(C)c(C(C)O)c1C. The van der Waals surface area contributed by atoms with Crippen molar-refractivity contribution in [1.29, 1.82) is 0 Å². The van der Waals surface area contributed by atoms with E-state index in [0.717, 1.165) is 35.7 Å². The van der Waals surface area contributed by atoms with Gasteiger partial charge in [0, 0.05) is 17.8 Å². The molecule has 0 aliphatic rings. The molecule has 1 atom stereocenters. The van der Waals surface area contributed by atoms with Crippen LogP contribution in [0.25, 0.3) is 0 Å². The second-order valence-corrected chi connectivity index (χ2v) is 4.82. The second kappa shape index (κ2) is 5.52. The Morgan fingerprint density at radius 2 is 2.05 bits per heavy atom. The van der Waals surface area contributed by atoms with E-state index < -0.39 is 6.10 Å². The molecule has 1 unspecified atom stereocenters. The van der Waals surface area contributed by atoms with Crippen molar-refractivity contribution in [3.63, 3.8) is 0 Å². The maximum atomic E-state index is 9.78. The Bertz CT molecular complexity index is 555. The van der Waals surface area contributed by atoms with Gasteiger partial charge in [0.2, 0.25) is 0 Å². The minimum Gasteiger partial charge on any atom is -0.389 e. The van der Waals surface area contributed by atoms with Crippen molar-refractivity contribution in [3.05, 3.63) is 29.1 Å². The summed E-state index contributed by atoms with van der Waals surface area (Å²) in [5, 5.41) is 18.5. The van der Waals surface area contributed by atoms with Gasteiger partial charge in [0.15, 0.2) is 0 Å². The van der Waals surface area contributed by atoms with Gasteiger partial charge in [-0.2, -0.15) is 10.2 Å². The number of aliphatic hydroxyl groups excluding tert-OH is 1. The Hall–Kier alpha value is -1.69. The number of nitrogens with zero attached hydrogens (tertiary/aromatic N) is 5. The summed E-state index contributed by atoms with van der Waals surface area (Å²) >= 11 is 0. The first-order valence-corrected chi connectivity index (χ1v) is 6.63. The van der Waals surface area contributed by atoms with E-state index in [9.17, 15) is 5.11 Å². The molecule has 6 nitrogen and oxygen atoms in total. The number of hydrogen-bond acceptors (Lipinski definition) is 4. The third kappa shape index (κ3) is 2.68. The average molecular weight is 263 g/mol. The average Bonchev–Trinajstić information content (AvgIpc) is 2.86. The van der Waals surface area contributed by atoms with E-state index in [0.29, 0.717) is 6.54 Å². The highest BCUT2D eigenvalue weighted by Gasteiger charge is 2.16. The van der Waals surface area contributed by atoms with E-state index in [1.165, 1.54) is 0 Å². The summed E-state index contributed by atoms with van der Waals surface area (Å²) in [6.45, 7) is 9.21. The van der Waals surface area contributed by atoms with Crippen molar-refractivity contribution >= 4 is 0 Å². The van der Waals surface area contributed by atoms with Crippen LogP contribution in [0.1, 0.15) is 49.1 Å². The Morgan fingerprint density at radius 3 is 2.63 bits per heavy atom. The third-order valence-corrected chi connectivity index (χ3v) is 3.28. The molecule has 0 aliphatic heterocycles. The van der Waals surface area contributed by atoms with E-state index in [1.807, 2.05) is 23.2 Å². The lowest BCUT2D eigenvalue weighted by atomic mass is 10.1. The van der Waals surface area contributed by atoms with Gasteiger partial charge in [0.05, 0.1) is 11.8 Å². The molecule has 2 heterocycles. The number of aromatic nitrogens is 5. The first kappa shape index (κ1) is 13.7. The third-order valence-electron chi connectivity index (χ3n) is 3.28. The minimum absolute atomic E-state index is 0.498. The van der Waals surface area contributed by atoms with Gasteiger partial charge in [-0.15, -0.1) is 0 Å². The van der Waals surface area contributed by atoms with E-state index in [-0.39, 0.29) is 0 Å². The molecule has 2 aromatic heterocycles. The molecular formula is C13H21N5O. The maximum Gasteiger partial charge on any atom is 0.148 e. The summed E-state index contributed by atoms with van der Waals surface area (Å²) in [6, 6.07) is 0. The fourth-order valence-corrected chi connectivity index (χ4v) is 2.41. The molecule has 104 valence electrons. The molecule has 1 N–H and O–H groups in total. The molecule has 0 radical (unpaired) electrons. The zero-order chi connectivity index (χ0) is 14.0. The van der Waals surface area contributed by atoms with E-state index in [4.69, 9.17) is 0 Å². The van der Waals surface area contributed by atoms with Crippen LogP contribution in [0.15, 0.2) is 6.33 Å². The van der Waals surface area contributed by atoms with Crippen LogP contribution < -0.4 is 0 Å². The molecular weight excluding hydrogens is 242 g/mol. The number of rotatable bonds is 5. The van der Waals surface area contributed by atoms with Gasteiger partial charge in [0.1, 0.15) is 18.7 Å². The van der Waals surface area contributed by atoms with Gasteiger partial charge in [-0.25, -0.2) is 9.67 Å². The van der Waals surface area contributed by atoms with Crippen LogP contribution in [0.2, 0.25) is 0 Å². The van der Waals surface area contributed by atoms with E-state index >= 15 is 0 Å². The second-order valence-electron chi connectivity index (χ2n) is 4.82. The largest absolute Gasteiger partial charge is 0.389 e. The zero-order valence-electron chi connectivity index (χ0n) is 12.0. The summed E-state index contributed by atoms with van der Waals surface area (Å²) in [7, 11) is 0. The molecule has 2 aromatic rings. The molecule has 0 saturated carbocycles. The lowest BCUT2D eigenvalue weighted by molar-refractivity contribution is 0.197. The summed E-state index contributed by atoms with van der Waals surface area (Å²) in [5.74, 6) is 0.893. The predicted octanol–water partition coefficient (Wildman–Crippen LogP) is 1.60. The quantitative estimate of drug-likeness (QED) is 0.889. The zero-order valence-corrected chi connectivity index (χ0v) is 12.0. The van der Waals surface area contributed by atoms with Crippen LogP contribution in [-0.4, -0.2) is 29.7 Å². The van der Waals surface area contributed by atoms with Gasteiger partial charge in [0.25, 0.3) is 0 Å². The molecule has 2 rings (SSSR count). The van der Waals surface area contributed by atoms with Gasteiger partial charge in [-0.05, 0) is 27.2 Å². The van der Waals surface area contributed by atoms with Crippen LogP contribution in [0, 0.1) is 13.8 Å². The molecule has 0 aromatic carbocycles. The fraction of sp³-hybridized carbons (Fsp3) is 0.615. The van der Waals surface area contributed by atoms with E-state index in [1.54, 1.807) is 13.3 Å². The lowest BCUT2D eigenvalue weighted by Crippen LogP contribution is -2.12. The Morgan fingerprint density at radius 1 is 1.32 bits per heavy atom. The van der Waals surface area contributed by atoms with Crippen LogP contribution in [-0.2, 0) is 13.1 Å². The van der Waals surface area contributed by atoms with Crippen LogP contribution in [0.3, 0.4) is 0 Å². The Kier molecular flexibility index (Phi) is 3.99. The van der Waals surface area contributed by atoms with Crippen molar-refractivity contribution in [1.82, 2.24) is 24.5 Å². The molecule has 0 fully saturated rings. The van der Waals surface area contributed by atoms with Gasteiger partial charge in [-0.1, -0.05) is 6.92 Å². The van der Waals surface area contributed by atoms with Crippen molar-refractivity contribution in [2.24, 2.45) is 0 Å². The first-order valence-electron chi connectivity index (χ1n) is 6.63. The minimum atomic E-state index is -0.498. The molecule has 0 bridgehead atoms. The Labute approximate surface area is 113 Å². The number of hydrogen-bond donors (Lipinski definition) is 1. The summed E-state index contributed by atoms with van der Waals surface area (Å²) in [6.07, 6.45) is 2.10. The lowest BCUT2D eigenvalue weighted by Gasteiger charge is -2.08. The van der Waals surface area contributed by atoms with Crippen LogP contribution >= 0.6 is 0 Å². The standard InChI is InChI=1S/C13H21N5O/c1-5-6-17-12(14-8-15-17)7-18-10(3)13(11(4)19)9(2)16-18/h8,11,19H,5-7H2,1-4H3. The summed E-state index contributed by atoms with van der Waals surface area (Å²) in [5.41, 5.74) is 2.76. The monoisotopic (exact) mass is 263 g/mol. The Balaban J connectivity index is 2.29. The van der Waals surface area contributed by atoms with Crippen molar-refractivity contribution in [2.75, 3.05) is 0 Å². The van der Waals surface area contributed by atoms with Gasteiger partial charge >= 0.3 is 0 Å². The normalized spacial score (nSPS) is 12.9. The topological polar surface area (TPSA) is 68.8 Å². The van der Waals surface area contributed by atoms with Crippen LogP contribution in [0.4, 0.5) is 0 Å². The smallest absolute Gasteiger partial charge is 0.148 e. The van der Waals surface area contributed by atoms with Crippen molar-refractivity contribution < 1.29 is 5.11 Å². The maximum absolute atomic E-state index is 9.78. The van der Waals surface area contributed by atoms with Crippen molar-refractivity contribution in [3.8, 4) is 0 Å². The molecule has 0 amide bonds. The highest BCUT2D eigenvalue weighted by atomic mass is 16.3. The molecule has 0 saturated heterocycles.